The molecule has 14 heavy (non-hydrogen) atoms. The molecule has 0 nitrogen and oxygen atoms in total. The van der Waals surface area contributed by atoms with Crippen molar-refractivity contribution in [1.82, 2.24) is 0 Å². The van der Waals surface area contributed by atoms with Crippen LogP contribution in [0.3, 0.4) is 0 Å². The second-order valence-electron chi connectivity index (χ2n) is 3.85. The Morgan fingerprint density at radius 2 is 1.50 bits per heavy atom. The van der Waals surface area contributed by atoms with E-state index < -0.39 is 0 Å². The highest BCUT2D eigenvalue weighted by atomic mass is 14.1. The van der Waals surface area contributed by atoms with Crippen molar-refractivity contribution in [2.75, 3.05) is 0 Å². The van der Waals surface area contributed by atoms with Gasteiger partial charge in [0.1, 0.15) is 0 Å². The lowest BCUT2D eigenvalue weighted by molar-refractivity contribution is 0.480. The van der Waals surface area contributed by atoms with Crippen molar-refractivity contribution in [2.45, 2.75) is 59.3 Å². The standard InChI is InChI=1S/C14H26/c1-4-7-9-11-13-14(6-3)12-10-8-5-2/h7-10,14H,4-6,11-13H2,1-3H3/b9-7?,10-8-. The van der Waals surface area contributed by atoms with Crippen molar-refractivity contribution in [2.24, 2.45) is 5.92 Å². The van der Waals surface area contributed by atoms with Crippen LogP contribution in [0, 0.1) is 5.92 Å². The van der Waals surface area contributed by atoms with Crippen LogP contribution in [0.4, 0.5) is 0 Å². The van der Waals surface area contributed by atoms with Crippen LogP contribution in [-0.4, -0.2) is 0 Å². The monoisotopic (exact) mass is 194 g/mol. The molecule has 82 valence electrons. The zero-order chi connectivity index (χ0) is 10.6. The van der Waals surface area contributed by atoms with E-state index in [-0.39, 0.29) is 0 Å². The Morgan fingerprint density at radius 3 is 2.07 bits per heavy atom. The van der Waals surface area contributed by atoms with E-state index in [0.29, 0.717) is 0 Å². The highest BCUT2D eigenvalue weighted by Gasteiger charge is 2.01. The van der Waals surface area contributed by atoms with Gasteiger partial charge in [0.25, 0.3) is 0 Å². The molecule has 1 unspecified atom stereocenters. The second-order valence-corrected chi connectivity index (χ2v) is 3.85. The molecule has 0 saturated carbocycles. The molecule has 0 rings (SSSR count). The molecule has 0 fully saturated rings. The van der Waals surface area contributed by atoms with Crippen LogP contribution in [0.25, 0.3) is 0 Å². The van der Waals surface area contributed by atoms with E-state index in [4.69, 9.17) is 0 Å². The van der Waals surface area contributed by atoms with Crippen LogP contribution >= 0.6 is 0 Å². The normalized spacial score (nSPS) is 14.2. The van der Waals surface area contributed by atoms with Crippen molar-refractivity contribution in [3.05, 3.63) is 24.3 Å². The Morgan fingerprint density at radius 1 is 0.857 bits per heavy atom. The first-order valence-corrected chi connectivity index (χ1v) is 6.15. The fourth-order valence-corrected chi connectivity index (χ4v) is 1.56. The first-order valence-electron chi connectivity index (χ1n) is 6.15. The van der Waals surface area contributed by atoms with Gasteiger partial charge in [0.15, 0.2) is 0 Å². The summed E-state index contributed by atoms with van der Waals surface area (Å²) >= 11 is 0. The van der Waals surface area contributed by atoms with Gasteiger partial charge < -0.3 is 0 Å². The predicted octanol–water partition coefficient (Wildman–Crippen LogP) is 5.12. The summed E-state index contributed by atoms with van der Waals surface area (Å²) in [5.41, 5.74) is 0. The van der Waals surface area contributed by atoms with Crippen molar-refractivity contribution >= 4 is 0 Å². The molecular weight excluding hydrogens is 168 g/mol. The molecule has 1 atom stereocenters. The fourth-order valence-electron chi connectivity index (χ4n) is 1.56. The molecule has 0 N–H and O–H groups in total. The first kappa shape index (κ1) is 13.5. The van der Waals surface area contributed by atoms with Crippen molar-refractivity contribution in [3.8, 4) is 0 Å². The molecule has 0 aromatic heterocycles. The Balaban J connectivity index is 3.57. The number of hydrogen-bond donors (Lipinski definition) is 0. The van der Waals surface area contributed by atoms with E-state index in [9.17, 15) is 0 Å². The zero-order valence-electron chi connectivity index (χ0n) is 10.1. The summed E-state index contributed by atoms with van der Waals surface area (Å²) in [7, 11) is 0. The van der Waals surface area contributed by atoms with Gasteiger partial charge in [-0.3, -0.25) is 0 Å². The van der Waals surface area contributed by atoms with Crippen molar-refractivity contribution in [3.63, 3.8) is 0 Å². The van der Waals surface area contributed by atoms with Crippen LogP contribution in [0.1, 0.15) is 59.3 Å². The summed E-state index contributed by atoms with van der Waals surface area (Å²) in [5.74, 6) is 0.888. The maximum atomic E-state index is 2.34. The van der Waals surface area contributed by atoms with Crippen LogP contribution in [0.15, 0.2) is 24.3 Å². The van der Waals surface area contributed by atoms with Gasteiger partial charge >= 0.3 is 0 Å². The van der Waals surface area contributed by atoms with E-state index in [0.717, 1.165) is 5.92 Å². The van der Waals surface area contributed by atoms with Gasteiger partial charge in [-0.1, -0.05) is 51.5 Å². The minimum atomic E-state index is 0.888. The Bertz CT molecular complexity index is 153. The minimum absolute atomic E-state index is 0.888. The van der Waals surface area contributed by atoms with Crippen LogP contribution < -0.4 is 0 Å². The summed E-state index contributed by atoms with van der Waals surface area (Å²) in [4.78, 5) is 0. The second kappa shape index (κ2) is 10.6. The molecule has 0 amide bonds. The number of allylic oxidation sites excluding steroid dienone is 4. The molecule has 0 aromatic carbocycles. The lowest BCUT2D eigenvalue weighted by Gasteiger charge is -2.10. The van der Waals surface area contributed by atoms with Crippen LogP contribution in [0.5, 0.6) is 0 Å². The minimum Gasteiger partial charge on any atom is -0.0888 e. The average molecular weight is 194 g/mol. The SMILES string of the molecule is CCC=CCCC(CC)C/C=C\CC. The smallest absolute Gasteiger partial charge is 0.0322 e. The summed E-state index contributed by atoms with van der Waals surface area (Å²) in [6.45, 7) is 6.69. The Hall–Kier alpha value is -0.520. The molecular formula is C14H26. The average Bonchev–Trinajstić information content (AvgIpc) is 2.22. The third kappa shape index (κ3) is 8.10. The van der Waals surface area contributed by atoms with E-state index in [1.807, 2.05) is 0 Å². The molecule has 0 bridgehead atoms. The lowest BCUT2D eigenvalue weighted by atomic mass is 9.96. The first-order chi connectivity index (χ1) is 6.85. The summed E-state index contributed by atoms with van der Waals surface area (Å²) in [5, 5.41) is 0. The van der Waals surface area contributed by atoms with Crippen LogP contribution in [0.2, 0.25) is 0 Å². The van der Waals surface area contributed by atoms with Gasteiger partial charge in [-0.25, -0.2) is 0 Å². The van der Waals surface area contributed by atoms with Gasteiger partial charge in [-0.15, -0.1) is 0 Å². The molecule has 0 heteroatoms. The fraction of sp³-hybridized carbons (Fsp3) is 0.714. The van der Waals surface area contributed by atoms with Gasteiger partial charge in [-0.05, 0) is 38.0 Å². The quantitative estimate of drug-likeness (QED) is 0.471. The van der Waals surface area contributed by atoms with Crippen LogP contribution in [-0.2, 0) is 0 Å². The molecule has 0 saturated heterocycles. The third-order valence-corrected chi connectivity index (χ3v) is 2.59. The van der Waals surface area contributed by atoms with E-state index in [2.05, 4.69) is 45.1 Å². The van der Waals surface area contributed by atoms with Crippen molar-refractivity contribution < 1.29 is 0 Å². The molecule has 0 radical (unpaired) electrons. The highest BCUT2D eigenvalue weighted by Crippen LogP contribution is 2.16. The van der Waals surface area contributed by atoms with E-state index in [1.54, 1.807) is 0 Å². The van der Waals surface area contributed by atoms with E-state index >= 15 is 0 Å². The van der Waals surface area contributed by atoms with E-state index in [1.165, 1.54) is 38.5 Å². The van der Waals surface area contributed by atoms with Gasteiger partial charge in [0, 0.05) is 0 Å². The summed E-state index contributed by atoms with van der Waals surface area (Å²) < 4.78 is 0. The molecule has 0 aliphatic rings. The Labute approximate surface area is 90.1 Å². The topological polar surface area (TPSA) is 0 Å². The third-order valence-electron chi connectivity index (χ3n) is 2.59. The molecule has 0 spiro atoms. The van der Waals surface area contributed by atoms with Gasteiger partial charge in [0.2, 0.25) is 0 Å². The summed E-state index contributed by atoms with van der Waals surface area (Å²) in [6, 6.07) is 0. The summed E-state index contributed by atoms with van der Waals surface area (Å²) in [6.07, 6.45) is 16.8. The molecule has 0 aromatic rings. The molecule has 0 aliphatic carbocycles. The number of rotatable bonds is 8. The van der Waals surface area contributed by atoms with Gasteiger partial charge in [-0.2, -0.15) is 0 Å². The van der Waals surface area contributed by atoms with Gasteiger partial charge in [0.05, 0.1) is 0 Å². The lowest BCUT2D eigenvalue weighted by Crippen LogP contribution is -1.95. The maximum absolute atomic E-state index is 2.34. The maximum Gasteiger partial charge on any atom is -0.0322 e. The molecule has 0 heterocycles. The predicted molar refractivity (Wildman–Crippen MR) is 66.5 cm³/mol. The highest BCUT2D eigenvalue weighted by molar-refractivity contribution is 4.85. The number of hydrogen-bond acceptors (Lipinski definition) is 0. The van der Waals surface area contributed by atoms with Crippen molar-refractivity contribution in [1.29, 1.82) is 0 Å². The zero-order valence-corrected chi connectivity index (χ0v) is 10.1. The largest absolute Gasteiger partial charge is 0.0888 e. The Kier molecular flexibility index (Phi) is 10.2. The molecule has 0 aliphatic heterocycles.